The van der Waals surface area contributed by atoms with Gasteiger partial charge in [-0.1, -0.05) is 11.1 Å². The van der Waals surface area contributed by atoms with Crippen LogP contribution in [-0.2, 0) is 0 Å². The summed E-state index contributed by atoms with van der Waals surface area (Å²) in [5, 5.41) is 0. The molecule has 2 aliphatic carbocycles. The van der Waals surface area contributed by atoms with Crippen molar-refractivity contribution >= 4 is 11.4 Å². The number of nitrogen functional groups attached to an aromatic ring is 1. The number of anilines is 1. The van der Waals surface area contributed by atoms with Gasteiger partial charge in [0.05, 0.1) is 17.8 Å². The fourth-order valence-electron chi connectivity index (χ4n) is 4.04. The second-order valence-electron chi connectivity index (χ2n) is 8.44. The fourth-order valence-corrected chi connectivity index (χ4v) is 4.04. The maximum absolute atomic E-state index is 6.28. The van der Waals surface area contributed by atoms with Gasteiger partial charge in [0.15, 0.2) is 0 Å². The number of rotatable bonds is 5. The number of ether oxygens (including phenoxy) is 1. The van der Waals surface area contributed by atoms with Crippen molar-refractivity contribution in [1.29, 1.82) is 0 Å². The monoisotopic (exact) mass is 389 g/mol. The Hall–Kier alpha value is -2.62. The summed E-state index contributed by atoms with van der Waals surface area (Å²) in [6.07, 6.45) is 9.27. The highest BCUT2D eigenvalue weighted by molar-refractivity contribution is 5.99. The third-order valence-corrected chi connectivity index (χ3v) is 6.39. The zero-order valence-corrected chi connectivity index (χ0v) is 17.7. The third kappa shape index (κ3) is 4.36. The number of pyridine rings is 1. The largest absolute Gasteiger partial charge is 0.490 e. The summed E-state index contributed by atoms with van der Waals surface area (Å²) in [5.41, 5.74) is 13.8. The number of allylic oxidation sites excluding steroid dienone is 1. The number of aliphatic imine (C=N–C) groups is 1. The van der Waals surface area contributed by atoms with Crippen LogP contribution in [0.4, 0.5) is 5.69 Å². The number of hydrogen-bond donors (Lipinski definition) is 1. The molecule has 2 N–H and O–H groups in total. The van der Waals surface area contributed by atoms with Crippen molar-refractivity contribution in [2.24, 2.45) is 4.99 Å². The Kier molecular flexibility index (Phi) is 5.70. The lowest BCUT2D eigenvalue weighted by molar-refractivity contribution is 0.120. The van der Waals surface area contributed by atoms with Crippen LogP contribution < -0.4 is 10.5 Å². The molecule has 1 unspecified atom stereocenters. The van der Waals surface area contributed by atoms with E-state index >= 15 is 0 Å². The van der Waals surface area contributed by atoms with Crippen molar-refractivity contribution in [2.45, 2.75) is 71.4 Å². The SMILES string of the molecule is CC(=NC1CCCC(C)=C1C)c1ccnc(-c2cc(OC3CCC3)ccc2N)c1. The highest BCUT2D eigenvalue weighted by Crippen LogP contribution is 2.32. The summed E-state index contributed by atoms with van der Waals surface area (Å²) in [6.45, 7) is 6.55. The van der Waals surface area contributed by atoms with Crippen LogP contribution in [0.3, 0.4) is 0 Å². The van der Waals surface area contributed by atoms with Gasteiger partial charge in [-0.3, -0.25) is 9.98 Å². The number of benzene rings is 1. The summed E-state index contributed by atoms with van der Waals surface area (Å²) in [5.74, 6) is 0.870. The van der Waals surface area contributed by atoms with Crippen LogP contribution in [0.25, 0.3) is 11.3 Å². The molecule has 1 saturated carbocycles. The number of nitrogens with two attached hydrogens (primary N) is 1. The van der Waals surface area contributed by atoms with Crippen LogP contribution in [-0.4, -0.2) is 22.8 Å². The average Bonchev–Trinajstić information content (AvgIpc) is 2.69. The molecule has 1 heterocycles. The fraction of sp³-hybridized carbons (Fsp3) is 0.440. The third-order valence-electron chi connectivity index (χ3n) is 6.39. The second kappa shape index (κ2) is 8.40. The normalized spacial score (nSPS) is 20.5. The van der Waals surface area contributed by atoms with E-state index in [0.29, 0.717) is 17.8 Å². The summed E-state index contributed by atoms with van der Waals surface area (Å²) < 4.78 is 6.06. The molecule has 4 rings (SSSR count). The van der Waals surface area contributed by atoms with E-state index in [-0.39, 0.29) is 0 Å². The van der Waals surface area contributed by atoms with Gasteiger partial charge in [-0.15, -0.1) is 0 Å². The van der Waals surface area contributed by atoms with Crippen molar-refractivity contribution in [2.75, 3.05) is 5.73 Å². The van der Waals surface area contributed by atoms with Crippen LogP contribution in [0.2, 0.25) is 0 Å². The first-order valence-corrected chi connectivity index (χ1v) is 10.7. The van der Waals surface area contributed by atoms with Crippen LogP contribution in [0.1, 0.15) is 64.9 Å². The van der Waals surface area contributed by atoms with E-state index in [1.54, 1.807) is 0 Å². The zero-order chi connectivity index (χ0) is 20.4. The predicted molar refractivity (Wildman–Crippen MR) is 121 cm³/mol. The molecule has 0 spiro atoms. The molecule has 1 atom stereocenters. The van der Waals surface area contributed by atoms with E-state index < -0.39 is 0 Å². The molecule has 1 fully saturated rings. The van der Waals surface area contributed by atoms with Crippen molar-refractivity contribution in [3.8, 4) is 17.0 Å². The Labute approximate surface area is 173 Å². The standard InChI is InChI=1S/C25H31N3O/c1-16-6-4-9-24(17(16)2)28-18(3)19-12-13-27-25(14-19)22-15-21(10-11-23(22)26)29-20-7-5-8-20/h10-15,20,24H,4-9,26H2,1-3H3. The first-order chi connectivity index (χ1) is 14.0. The predicted octanol–water partition coefficient (Wildman–Crippen LogP) is 5.96. The van der Waals surface area contributed by atoms with Crippen LogP contribution in [0.5, 0.6) is 5.75 Å². The minimum Gasteiger partial charge on any atom is -0.490 e. The molecule has 2 aliphatic rings. The molecule has 4 nitrogen and oxygen atoms in total. The molecular weight excluding hydrogens is 358 g/mol. The van der Waals surface area contributed by atoms with Crippen molar-refractivity contribution < 1.29 is 4.74 Å². The Morgan fingerprint density at radius 2 is 1.93 bits per heavy atom. The number of hydrogen-bond acceptors (Lipinski definition) is 4. The minimum atomic E-state index is 0.296. The van der Waals surface area contributed by atoms with Gasteiger partial charge < -0.3 is 10.5 Å². The smallest absolute Gasteiger partial charge is 0.120 e. The molecule has 29 heavy (non-hydrogen) atoms. The van der Waals surface area contributed by atoms with E-state index in [9.17, 15) is 0 Å². The first kappa shape index (κ1) is 19.7. The lowest BCUT2D eigenvalue weighted by atomic mass is 9.89. The molecule has 0 amide bonds. The van der Waals surface area contributed by atoms with E-state index in [1.807, 2.05) is 30.5 Å². The molecule has 2 aromatic rings. The van der Waals surface area contributed by atoms with Gasteiger partial charge in [-0.25, -0.2) is 0 Å². The molecular formula is C25H31N3O. The summed E-state index contributed by atoms with van der Waals surface area (Å²) >= 11 is 0. The van der Waals surface area contributed by atoms with Gasteiger partial charge in [-0.05, 0) is 95.2 Å². The van der Waals surface area contributed by atoms with Gasteiger partial charge in [-0.2, -0.15) is 0 Å². The van der Waals surface area contributed by atoms with Gasteiger partial charge >= 0.3 is 0 Å². The maximum atomic E-state index is 6.28. The Morgan fingerprint density at radius 1 is 1.10 bits per heavy atom. The van der Waals surface area contributed by atoms with Gasteiger partial charge in [0.25, 0.3) is 0 Å². The lowest BCUT2D eigenvalue weighted by Gasteiger charge is -2.26. The lowest BCUT2D eigenvalue weighted by Crippen LogP contribution is -2.24. The van der Waals surface area contributed by atoms with Crippen molar-refractivity contribution in [1.82, 2.24) is 4.98 Å². The molecule has 1 aromatic heterocycles. The summed E-state index contributed by atoms with van der Waals surface area (Å²) in [7, 11) is 0. The summed E-state index contributed by atoms with van der Waals surface area (Å²) in [4.78, 5) is 9.63. The zero-order valence-electron chi connectivity index (χ0n) is 17.7. The average molecular weight is 390 g/mol. The Bertz CT molecular complexity index is 956. The van der Waals surface area contributed by atoms with Crippen LogP contribution in [0.15, 0.2) is 52.7 Å². The molecule has 0 aliphatic heterocycles. The first-order valence-electron chi connectivity index (χ1n) is 10.7. The number of aromatic nitrogens is 1. The molecule has 1 aromatic carbocycles. The quantitative estimate of drug-likeness (QED) is 0.390. The van der Waals surface area contributed by atoms with E-state index in [4.69, 9.17) is 15.5 Å². The van der Waals surface area contributed by atoms with Crippen molar-refractivity contribution in [3.63, 3.8) is 0 Å². The second-order valence-corrected chi connectivity index (χ2v) is 8.44. The topological polar surface area (TPSA) is 60.5 Å². The molecule has 152 valence electrons. The van der Waals surface area contributed by atoms with E-state index in [2.05, 4.69) is 31.8 Å². The van der Waals surface area contributed by atoms with Crippen LogP contribution in [0, 0.1) is 0 Å². The highest BCUT2D eigenvalue weighted by Gasteiger charge is 2.20. The number of nitrogens with zero attached hydrogens (tertiary/aromatic N) is 2. The van der Waals surface area contributed by atoms with E-state index in [1.165, 1.54) is 30.4 Å². The molecule has 4 heteroatoms. The molecule has 0 saturated heterocycles. The minimum absolute atomic E-state index is 0.296. The Morgan fingerprint density at radius 3 is 2.69 bits per heavy atom. The maximum Gasteiger partial charge on any atom is 0.120 e. The van der Waals surface area contributed by atoms with Crippen molar-refractivity contribution in [3.05, 3.63) is 53.2 Å². The van der Waals surface area contributed by atoms with Gasteiger partial charge in [0, 0.05) is 23.2 Å². The van der Waals surface area contributed by atoms with Gasteiger partial charge in [0.1, 0.15) is 5.75 Å². The highest BCUT2D eigenvalue weighted by atomic mass is 16.5. The summed E-state index contributed by atoms with van der Waals surface area (Å²) in [6, 6.07) is 10.3. The Balaban J connectivity index is 1.61. The van der Waals surface area contributed by atoms with Crippen LogP contribution >= 0.6 is 0 Å². The van der Waals surface area contributed by atoms with E-state index in [0.717, 1.165) is 47.5 Å². The molecule has 0 radical (unpaired) electrons. The van der Waals surface area contributed by atoms with Gasteiger partial charge in [0.2, 0.25) is 0 Å². The molecule has 0 bridgehead atoms.